The second-order valence-corrected chi connectivity index (χ2v) is 6.87. The van der Waals surface area contributed by atoms with E-state index in [0.717, 1.165) is 10.2 Å². The Hall–Kier alpha value is -1.05. The Morgan fingerprint density at radius 3 is 2.55 bits per heavy atom. The molecule has 1 rings (SSSR count). The number of benzene rings is 1. The molecule has 0 radical (unpaired) electrons. The van der Waals surface area contributed by atoms with Crippen molar-refractivity contribution in [3.05, 3.63) is 28.7 Å². The van der Waals surface area contributed by atoms with Gasteiger partial charge in [-0.1, -0.05) is 15.9 Å². The number of likely N-dealkylation sites (N-methyl/N-ethyl adjacent to an activating group) is 1. The SMILES string of the molecule is CNC(C)CNC(=O)CCSCC(=O)Nc1ccc(Br)cc1. The molecule has 0 aliphatic heterocycles. The normalized spacial score (nSPS) is 11.8. The zero-order valence-electron chi connectivity index (χ0n) is 12.8. The maximum absolute atomic E-state index is 11.7. The Bertz CT molecular complexity index is 482. The van der Waals surface area contributed by atoms with E-state index in [9.17, 15) is 9.59 Å². The molecule has 0 saturated carbocycles. The van der Waals surface area contributed by atoms with Crippen molar-refractivity contribution in [1.82, 2.24) is 10.6 Å². The van der Waals surface area contributed by atoms with Gasteiger partial charge in [0, 0.05) is 34.9 Å². The Balaban J connectivity index is 2.12. The molecule has 2 amide bonds. The molecule has 0 fully saturated rings. The molecule has 1 aromatic carbocycles. The number of halogens is 1. The lowest BCUT2D eigenvalue weighted by Crippen LogP contribution is -2.37. The highest BCUT2D eigenvalue weighted by Gasteiger charge is 2.06. The molecule has 0 aliphatic carbocycles. The fourth-order valence-corrected chi connectivity index (χ4v) is 2.51. The molecule has 7 heteroatoms. The maximum Gasteiger partial charge on any atom is 0.234 e. The van der Waals surface area contributed by atoms with Crippen LogP contribution in [-0.2, 0) is 9.59 Å². The molecule has 0 bridgehead atoms. The highest BCUT2D eigenvalue weighted by atomic mass is 79.9. The first-order chi connectivity index (χ1) is 10.5. The molecular formula is C15H22BrN3O2S. The summed E-state index contributed by atoms with van der Waals surface area (Å²) < 4.78 is 0.971. The summed E-state index contributed by atoms with van der Waals surface area (Å²) in [6.07, 6.45) is 0.423. The van der Waals surface area contributed by atoms with Gasteiger partial charge in [-0.25, -0.2) is 0 Å². The van der Waals surface area contributed by atoms with Gasteiger partial charge in [-0.15, -0.1) is 0 Å². The molecule has 0 aromatic heterocycles. The average Bonchev–Trinajstić information content (AvgIpc) is 2.51. The van der Waals surface area contributed by atoms with Gasteiger partial charge in [0.25, 0.3) is 0 Å². The number of anilines is 1. The van der Waals surface area contributed by atoms with Crippen molar-refractivity contribution in [3.63, 3.8) is 0 Å². The average molecular weight is 388 g/mol. The number of hydrogen-bond donors (Lipinski definition) is 3. The van der Waals surface area contributed by atoms with Crippen molar-refractivity contribution in [2.45, 2.75) is 19.4 Å². The molecule has 1 atom stereocenters. The highest BCUT2D eigenvalue weighted by molar-refractivity contribution is 9.10. The van der Waals surface area contributed by atoms with Crippen LogP contribution in [0.15, 0.2) is 28.7 Å². The molecule has 1 aromatic rings. The summed E-state index contributed by atoms with van der Waals surface area (Å²) in [4.78, 5) is 23.3. The lowest BCUT2D eigenvalue weighted by molar-refractivity contribution is -0.120. The van der Waals surface area contributed by atoms with Gasteiger partial charge >= 0.3 is 0 Å². The van der Waals surface area contributed by atoms with E-state index in [2.05, 4.69) is 31.9 Å². The van der Waals surface area contributed by atoms with Crippen LogP contribution in [0.5, 0.6) is 0 Å². The first kappa shape index (κ1) is 19.0. The summed E-state index contributed by atoms with van der Waals surface area (Å²) >= 11 is 4.80. The van der Waals surface area contributed by atoms with Crippen molar-refractivity contribution < 1.29 is 9.59 Å². The Kier molecular flexibility index (Phi) is 9.19. The first-order valence-electron chi connectivity index (χ1n) is 7.08. The molecule has 0 aliphatic rings. The van der Waals surface area contributed by atoms with Crippen LogP contribution >= 0.6 is 27.7 Å². The second kappa shape index (κ2) is 10.6. The Morgan fingerprint density at radius 1 is 1.23 bits per heavy atom. The lowest BCUT2D eigenvalue weighted by Gasteiger charge is -2.11. The zero-order valence-corrected chi connectivity index (χ0v) is 15.2. The quantitative estimate of drug-likeness (QED) is 0.568. The number of nitrogens with one attached hydrogen (secondary N) is 3. The summed E-state index contributed by atoms with van der Waals surface area (Å²) in [5.41, 5.74) is 0.771. The van der Waals surface area contributed by atoms with Gasteiger partial charge in [0.05, 0.1) is 5.75 Å². The van der Waals surface area contributed by atoms with E-state index in [1.54, 1.807) is 0 Å². The van der Waals surface area contributed by atoms with Crippen molar-refractivity contribution in [1.29, 1.82) is 0 Å². The number of rotatable bonds is 9. The minimum absolute atomic E-state index is 0.0166. The van der Waals surface area contributed by atoms with Gasteiger partial charge in [-0.2, -0.15) is 11.8 Å². The van der Waals surface area contributed by atoms with E-state index in [-0.39, 0.29) is 17.9 Å². The van der Waals surface area contributed by atoms with Crippen molar-refractivity contribution >= 4 is 45.2 Å². The minimum atomic E-state index is -0.0588. The van der Waals surface area contributed by atoms with Crippen molar-refractivity contribution in [2.24, 2.45) is 0 Å². The van der Waals surface area contributed by atoms with Crippen LogP contribution in [0, 0.1) is 0 Å². The van der Waals surface area contributed by atoms with Gasteiger partial charge in [0.1, 0.15) is 0 Å². The van der Waals surface area contributed by atoms with E-state index < -0.39 is 0 Å². The summed E-state index contributed by atoms with van der Waals surface area (Å²) in [6.45, 7) is 2.62. The third-order valence-electron chi connectivity index (χ3n) is 2.93. The van der Waals surface area contributed by atoms with Crippen LogP contribution in [-0.4, -0.2) is 43.0 Å². The topological polar surface area (TPSA) is 70.2 Å². The van der Waals surface area contributed by atoms with E-state index >= 15 is 0 Å². The van der Waals surface area contributed by atoms with Crippen LogP contribution in [0.3, 0.4) is 0 Å². The molecule has 5 nitrogen and oxygen atoms in total. The van der Waals surface area contributed by atoms with Gasteiger partial charge in [-0.05, 0) is 38.2 Å². The predicted molar refractivity (Wildman–Crippen MR) is 96.2 cm³/mol. The third kappa shape index (κ3) is 8.41. The maximum atomic E-state index is 11.7. The Labute approximate surface area is 144 Å². The van der Waals surface area contributed by atoms with E-state index in [4.69, 9.17) is 0 Å². The fourth-order valence-electron chi connectivity index (χ4n) is 1.52. The lowest BCUT2D eigenvalue weighted by atomic mass is 10.3. The smallest absolute Gasteiger partial charge is 0.234 e. The second-order valence-electron chi connectivity index (χ2n) is 4.85. The summed E-state index contributed by atoms with van der Waals surface area (Å²) in [5.74, 6) is 0.934. The largest absolute Gasteiger partial charge is 0.355 e. The monoisotopic (exact) mass is 387 g/mol. The number of hydrogen-bond acceptors (Lipinski definition) is 4. The zero-order chi connectivity index (χ0) is 16.4. The number of thioether (sulfide) groups is 1. The van der Waals surface area contributed by atoms with Gasteiger partial charge < -0.3 is 16.0 Å². The molecule has 1 unspecified atom stereocenters. The van der Waals surface area contributed by atoms with Gasteiger partial charge in [-0.3, -0.25) is 9.59 Å². The highest BCUT2D eigenvalue weighted by Crippen LogP contribution is 2.14. The standard InChI is InChI=1S/C15H22BrN3O2S/c1-11(17-2)9-18-14(20)7-8-22-10-15(21)19-13-5-3-12(16)4-6-13/h3-6,11,17H,7-10H2,1-2H3,(H,18,20)(H,19,21). The van der Waals surface area contributed by atoms with Crippen LogP contribution in [0.1, 0.15) is 13.3 Å². The predicted octanol–water partition coefficient (Wildman–Crippen LogP) is 2.24. The molecular weight excluding hydrogens is 366 g/mol. The first-order valence-corrected chi connectivity index (χ1v) is 9.03. The van der Waals surface area contributed by atoms with Crippen LogP contribution in [0.4, 0.5) is 5.69 Å². The van der Waals surface area contributed by atoms with Crippen LogP contribution in [0.25, 0.3) is 0 Å². The molecule has 3 N–H and O–H groups in total. The fraction of sp³-hybridized carbons (Fsp3) is 0.467. The number of amides is 2. The summed E-state index contributed by atoms with van der Waals surface area (Å²) in [5, 5.41) is 8.72. The van der Waals surface area contributed by atoms with Crippen molar-refractivity contribution in [2.75, 3.05) is 30.4 Å². The number of carbonyl (C=O) groups is 2. The van der Waals surface area contributed by atoms with E-state index in [0.29, 0.717) is 24.5 Å². The van der Waals surface area contributed by atoms with Crippen LogP contribution in [0.2, 0.25) is 0 Å². The van der Waals surface area contributed by atoms with Gasteiger partial charge in [0.15, 0.2) is 0 Å². The molecule has 0 saturated heterocycles. The molecule has 0 spiro atoms. The third-order valence-corrected chi connectivity index (χ3v) is 4.42. The van der Waals surface area contributed by atoms with E-state index in [1.807, 2.05) is 38.2 Å². The van der Waals surface area contributed by atoms with E-state index in [1.165, 1.54) is 11.8 Å². The van der Waals surface area contributed by atoms with Crippen LogP contribution < -0.4 is 16.0 Å². The molecule has 0 heterocycles. The molecule has 22 heavy (non-hydrogen) atoms. The number of carbonyl (C=O) groups excluding carboxylic acids is 2. The van der Waals surface area contributed by atoms with Crippen molar-refractivity contribution in [3.8, 4) is 0 Å². The Morgan fingerprint density at radius 2 is 1.91 bits per heavy atom. The minimum Gasteiger partial charge on any atom is -0.355 e. The molecule has 122 valence electrons. The summed E-state index contributed by atoms with van der Waals surface area (Å²) in [7, 11) is 1.86. The van der Waals surface area contributed by atoms with Gasteiger partial charge in [0.2, 0.25) is 11.8 Å². The summed E-state index contributed by atoms with van der Waals surface area (Å²) in [6, 6.07) is 7.68.